The molecule has 0 saturated carbocycles. The highest BCUT2D eigenvalue weighted by molar-refractivity contribution is 5.80. The van der Waals surface area contributed by atoms with Gasteiger partial charge in [0.2, 0.25) is 0 Å². The van der Waals surface area contributed by atoms with Crippen LogP contribution in [0.4, 0.5) is 13.2 Å². The SMILES string of the molecule is CN=C(NCCN(C)CC(F)(F)F)N1CCc2ccccc2C1. The maximum absolute atomic E-state index is 12.3. The molecule has 0 fully saturated rings. The van der Waals surface area contributed by atoms with E-state index >= 15 is 0 Å². The molecule has 0 aromatic heterocycles. The predicted molar refractivity (Wildman–Crippen MR) is 85.5 cm³/mol. The van der Waals surface area contributed by atoms with Crippen molar-refractivity contribution in [3.63, 3.8) is 0 Å². The normalized spacial score (nSPS) is 15.7. The summed E-state index contributed by atoms with van der Waals surface area (Å²) >= 11 is 0. The zero-order valence-corrected chi connectivity index (χ0v) is 13.5. The van der Waals surface area contributed by atoms with E-state index in [-0.39, 0.29) is 0 Å². The third-order valence-corrected chi connectivity index (χ3v) is 3.87. The molecule has 0 amide bonds. The first kappa shape index (κ1) is 17.6. The molecule has 128 valence electrons. The minimum absolute atomic E-state index is 0.308. The molecule has 1 heterocycles. The van der Waals surface area contributed by atoms with Gasteiger partial charge in [-0.3, -0.25) is 9.89 Å². The van der Waals surface area contributed by atoms with Gasteiger partial charge in [0, 0.05) is 33.2 Å². The van der Waals surface area contributed by atoms with Gasteiger partial charge in [-0.2, -0.15) is 13.2 Å². The number of likely N-dealkylation sites (N-methyl/N-ethyl adjacent to an activating group) is 1. The summed E-state index contributed by atoms with van der Waals surface area (Å²) < 4.78 is 36.9. The van der Waals surface area contributed by atoms with Crippen molar-refractivity contribution in [3.8, 4) is 0 Å². The fourth-order valence-corrected chi connectivity index (χ4v) is 2.75. The van der Waals surface area contributed by atoms with E-state index in [1.54, 1.807) is 7.05 Å². The molecular formula is C16H23F3N4. The van der Waals surface area contributed by atoms with Crippen LogP contribution in [0.25, 0.3) is 0 Å². The second-order valence-electron chi connectivity index (χ2n) is 5.77. The molecule has 4 nitrogen and oxygen atoms in total. The Morgan fingerprint density at radius 3 is 2.65 bits per heavy atom. The molecule has 0 saturated heterocycles. The maximum Gasteiger partial charge on any atom is 0.401 e. The van der Waals surface area contributed by atoms with Crippen molar-refractivity contribution < 1.29 is 13.2 Å². The molecule has 1 aliphatic rings. The number of aliphatic imine (C=N–C) groups is 1. The Hall–Kier alpha value is -1.76. The van der Waals surface area contributed by atoms with Crippen LogP contribution in [0, 0.1) is 0 Å². The molecule has 1 N–H and O–H groups in total. The van der Waals surface area contributed by atoms with Gasteiger partial charge in [0.1, 0.15) is 0 Å². The summed E-state index contributed by atoms with van der Waals surface area (Å²) in [4.78, 5) is 7.63. The molecular weight excluding hydrogens is 305 g/mol. The van der Waals surface area contributed by atoms with Crippen LogP contribution < -0.4 is 5.32 Å². The first-order valence-corrected chi connectivity index (χ1v) is 7.67. The fraction of sp³-hybridized carbons (Fsp3) is 0.562. The third-order valence-electron chi connectivity index (χ3n) is 3.87. The number of hydrogen-bond donors (Lipinski definition) is 1. The van der Waals surface area contributed by atoms with E-state index in [1.807, 2.05) is 12.1 Å². The molecule has 0 aliphatic carbocycles. The number of rotatable bonds is 4. The van der Waals surface area contributed by atoms with Gasteiger partial charge in [-0.1, -0.05) is 24.3 Å². The zero-order valence-electron chi connectivity index (χ0n) is 13.5. The van der Waals surface area contributed by atoms with E-state index < -0.39 is 12.7 Å². The Balaban J connectivity index is 1.83. The summed E-state index contributed by atoms with van der Waals surface area (Å²) in [6.45, 7) is 1.47. The molecule has 0 radical (unpaired) electrons. The average Bonchev–Trinajstić information content (AvgIpc) is 2.49. The molecule has 1 aromatic carbocycles. The third kappa shape index (κ3) is 5.42. The van der Waals surface area contributed by atoms with E-state index in [0.717, 1.165) is 25.5 Å². The lowest BCUT2D eigenvalue weighted by Crippen LogP contribution is -2.46. The highest BCUT2D eigenvalue weighted by atomic mass is 19.4. The van der Waals surface area contributed by atoms with Gasteiger partial charge in [0.05, 0.1) is 6.54 Å². The number of benzene rings is 1. The molecule has 7 heteroatoms. The summed E-state index contributed by atoms with van der Waals surface area (Å²) in [6.07, 6.45) is -3.21. The predicted octanol–water partition coefficient (Wildman–Crippen LogP) is 2.11. The number of guanidine groups is 1. The molecule has 23 heavy (non-hydrogen) atoms. The van der Waals surface area contributed by atoms with Gasteiger partial charge >= 0.3 is 6.18 Å². The van der Waals surface area contributed by atoms with Crippen LogP contribution in [-0.2, 0) is 13.0 Å². The lowest BCUT2D eigenvalue weighted by atomic mass is 10.0. The molecule has 0 spiro atoms. The average molecular weight is 328 g/mol. The Morgan fingerprint density at radius 2 is 2.00 bits per heavy atom. The Bertz CT molecular complexity index is 542. The summed E-state index contributed by atoms with van der Waals surface area (Å²) in [5.74, 6) is 0.736. The van der Waals surface area contributed by atoms with Crippen molar-refractivity contribution in [2.45, 2.75) is 19.1 Å². The molecule has 0 atom stereocenters. The van der Waals surface area contributed by atoms with Crippen molar-refractivity contribution in [1.82, 2.24) is 15.1 Å². The van der Waals surface area contributed by atoms with Gasteiger partial charge < -0.3 is 10.2 Å². The summed E-state index contributed by atoms with van der Waals surface area (Å²) in [5, 5.41) is 3.15. The van der Waals surface area contributed by atoms with Crippen LogP contribution in [0.1, 0.15) is 11.1 Å². The van der Waals surface area contributed by atoms with Gasteiger partial charge in [-0.05, 0) is 24.6 Å². The molecule has 2 rings (SSSR count). The standard InChI is InChI=1S/C16H23F3N4/c1-20-15(21-8-10-22(2)12-16(17,18)19)23-9-7-13-5-3-4-6-14(13)11-23/h3-6H,7-12H2,1-2H3,(H,20,21). The topological polar surface area (TPSA) is 30.9 Å². The minimum Gasteiger partial charge on any atom is -0.355 e. The van der Waals surface area contributed by atoms with Crippen LogP contribution in [0.15, 0.2) is 29.3 Å². The van der Waals surface area contributed by atoms with Crippen molar-refractivity contribution in [1.29, 1.82) is 0 Å². The van der Waals surface area contributed by atoms with Gasteiger partial charge in [-0.25, -0.2) is 0 Å². The van der Waals surface area contributed by atoms with E-state index in [1.165, 1.54) is 23.1 Å². The number of fused-ring (bicyclic) bond motifs is 1. The molecule has 0 bridgehead atoms. The second-order valence-corrected chi connectivity index (χ2v) is 5.77. The summed E-state index contributed by atoms with van der Waals surface area (Å²) in [7, 11) is 3.16. The molecule has 1 aromatic rings. The minimum atomic E-state index is -4.16. The monoisotopic (exact) mass is 328 g/mol. The number of alkyl halides is 3. The number of hydrogen-bond acceptors (Lipinski definition) is 2. The van der Waals surface area contributed by atoms with Gasteiger partial charge in [0.15, 0.2) is 5.96 Å². The van der Waals surface area contributed by atoms with Crippen molar-refractivity contribution >= 4 is 5.96 Å². The van der Waals surface area contributed by atoms with Crippen LogP contribution in [-0.4, -0.2) is 62.2 Å². The van der Waals surface area contributed by atoms with E-state index in [0.29, 0.717) is 13.1 Å². The highest BCUT2D eigenvalue weighted by Gasteiger charge is 2.29. The van der Waals surface area contributed by atoms with Gasteiger partial charge in [0.25, 0.3) is 0 Å². The van der Waals surface area contributed by atoms with Crippen LogP contribution in [0.5, 0.6) is 0 Å². The smallest absolute Gasteiger partial charge is 0.355 e. The van der Waals surface area contributed by atoms with Crippen LogP contribution in [0.2, 0.25) is 0 Å². The number of nitrogens with zero attached hydrogens (tertiary/aromatic N) is 3. The van der Waals surface area contributed by atoms with Crippen molar-refractivity contribution in [2.24, 2.45) is 4.99 Å². The Morgan fingerprint density at radius 1 is 1.30 bits per heavy atom. The number of nitrogens with one attached hydrogen (secondary N) is 1. The second kappa shape index (κ2) is 7.68. The quantitative estimate of drug-likeness (QED) is 0.678. The summed E-state index contributed by atoms with van der Waals surface area (Å²) in [5.41, 5.74) is 2.63. The van der Waals surface area contributed by atoms with Crippen LogP contribution >= 0.6 is 0 Å². The molecule has 0 unspecified atom stereocenters. The highest BCUT2D eigenvalue weighted by Crippen LogP contribution is 2.18. The van der Waals surface area contributed by atoms with Crippen LogP contribution in [0.3, 0.4) is 0 Å². The van der Waals surface area contributed by atoms with Crippen molar-refractivity contribution in [2.75, 3.05) is 40.3 Å². The lowest BCUT2D eigenvalue weighted by Gasteiger charge is -2.32. The van der Waals surface area contributed by atoms with Crippen molar-refractivity contribution in [3.05, 3.63) is 35.4 Å². The van der Waals surface area contributed by atoms with Gasteiger partial charge in [-0.15, -0.1) is 0 Å². The summed E-state index contributed by atoms with van der Waals surface area (Å²) in [6, 6.07) is 8.30. The Labute approximate surface area is 135 Å². The first-order valence-electron chi connectivity index (χ1n) is 7.67. The fourth-order valence-electron chi connectivity index (χ4n) is 2.75. The van der Waals surface area contributed by atoms with E-state index in [4.69, 9.17) is 0 Å². The van der Waals surface area contributed by atoms with E-state index in [2.05, 4.69) is 27.3 Å². The molecule has 1 aliphatic heterocycles. The Kier molecular flexibility index (Phi) is 5.87. The maximum atomic E-state index is 12.3. The largest absolute Gasteiger partial charge is 0.401 e. The first-order chi connectivity index (χ1) is 10.9. The lowest BCUT2D eigenvalue weighted by molar-refractivity contribution is -0.142. The zero-order chi connectivity index (χ0) is 16.9. The van der Waals surface area contributed by atoms with E-state index in [9.17, 15) is 13.2 Å². The number of halogens is 3.